The normalized spacial score (nSPS) is 14.9. The van der Waals surface area contributed by atoms with Gasteiger partial charge in [-0.3, -0.25) is 9.59 Å². The van der Waals surface area contributed by atoms with Crippen molar-refractivity contribution in [3.63, 3.8) is 0 Å². The lowest BCUT2D eigenvalue weighted by molar-refractivity contribution is -0.138. The third-order valence-electron chi connectivity index (χ3n) is 3.44. The van der Waals surface area contributed by atoms with Gasteiger partial charge in [-0.2, -0.15) is 0 Å². The Labute approximate surface area is 112 Å². The van der Waals surface area contributed by atoms with E-state index in [2.05, 4.69) is 5.32 Å². The lowest BCUT2D eigenvalue weighted by Crippen LogP contribution is -2.35. The molecule has 1 heterocycles. The third kappa shape index (κ3) is 2.70. The van der Waals surface area contributed by atoms with Gasteiger partial charge in [-0.25, -0.2) is 0 Å². The van der Waals surface area contributed by atoms with Gasteiger partial charge in [0.05, 0.1) is 24.3 Å². The van der Waals surface area contributed by atoms with Crippen molar-refractivity contribution in [3.8, 4) is 0 Å². The fraction of sp³-hybridized carbons (Fsp3) is 0.429. The molecule has 19 heavy (non-hydrogen) atoms. The zero-order valence-corrected chi connectivity index (χ0v) is 11.4. The van der Waals surface area contributed by atoms with E-state index in [9.17, 15) is 9.59 Å². The Morgan fingerprint density at radius 3 is 2.79 bits per heavy atom. The van der Waals surface area contributed by atoms with Crippen molar-refractivity contribution in [2.45, 2.75) is 25.7 Å². The fourth-order valence-electron chi connectivity index (χ4n) is 2.34. The molecule has 0 unspecified atom stereocenters. The van der Waals surface area contributed by atoms with Crippen LogP contribution in [0.15, 0.2) is 18.2 Å². The Bertz CT molecular complexity index is 537. The average Bonchev–Trinajstić information content (AvgIpc) is 2.26. The van der Waals surface area contributed by atoms with E-state index in [0.717, 1.165) is 16.9 Å². The van der Waals surface area contributed by atoms with Crippen molar-refractivity contribution < 1.29 is 14.7 Å². The van der Waals surface area contributed by atoms with Crippen LogP contribution in [0.5, 0.6) is 0 Å². The summed E-state index contributed by atoms with van der Waals surface area (Å²) in [5.74, 6) is -0.850. The van der Waals surface area contributed by atoms with Gasteiger partial charge in [-0.05, 0) is 17.7 Å². The first-order valence-electron chi connectivity index (χ1n) is 6.17. The number of hydrogen-bond donors (Lipinski definition) is 2. The van der Waals surface area contributed by atoms with Gasteiger partial charge in [-0.1, -0.05) is 19.9 Å². The van der Waals surface area contributed by atoms with Crippen LogP contribution in [0, 0.1) is 0 Å². The van der Waals surface area contributed by atoms with E-state index in [1.807, 2.05) is 44.0 Å². The number of amides is 1. The second-order valence-corrected chi connectivity index (χ2v) is 5.59. The summed E-state index contributed by atoms with van der Waals surface area (Å²) in [6.45, 7) is 4.13. The monoisotopic (exact) mass is 262 g/mol. The van der Waals surface area contributed by atoms with Crippen molar-refractivity contribution in [2.24, 2.45) is 0 Å². The van der Waals surface area contributed by atoms with E-state index < -0.39 is 11.4 Å². The molecular formula is C14H18N2O3. The third-order valence-corrected chi connectivity index (χ3v) is 3.44. The Balaban J connectivity index is 2.38. The maximum atomic E-state index is 11.4. The summed E-state index contributed by atoms with van der Waals surface area (Å²) in [4.78, 5) is 24.2. The van der Waals surface area contributed by atoms with Gasteiger partial charge < -0.3 is 15.3 Å². The minimum atomic E-state index is -0.815. The van der Waals surface area contributed by atoms with E-state index in [1.54, 1.807) is 0 Å². The zero-order chi connectivity index (χ0) is 14.2. The smallest absolute Gasteiger partial charge is 0.304 e. The number of fused-ring (bicyclic) bond motifs is 1. The predicted octanol–water partition coefficient (Wildman–Crippen LogP) is 1.83. The molecule has 0 saturated heterocycles. The van der Waals surface area contributed by atoms with Gasteiger partial charge in [0, 0.05) is 12.5 Å². The molecule has 2 N–H and O–H groups in total. The molecule has 0 spiro atoms. The number of aliphatic carboxylic acids is 1. The summed E-state index contributed by atoms with van der Waals surface area (Å²) in [5.41, 5.74) is 2.21. The average molecular weight is 262 g/mol. The Morgan fingerprint density at radius 1 is 1.47 bits per heavy atom. The van der Waals surface area contributed by atoms with E-state index in [4.69, 9.17) is 5.11 Å². The first-order valence-corrected chi connectivity index (χ1v) is 6.17. The Hall–Kier alpha value is -2.04. The lowest BCUT2D eigenvalue weighted by atomic mass is 9.81. The summed E-state index contributed by atoms with van der Waals surface area (Å²) in [7, 11) is 1.85. The number of carbonyl (C=O) groups is 2. The number of likely N-dealkylation sites (N-methyl/N-ethyl adjacent to an activating group) is 1. The Morgan fingerprint density at radius 2 is 2.16 bits per heavy atom. The van der Waals surface area contributed by atoms with Crippen molar-refractivity contribution in [1.82, 2.24) is 0 Å². The van der Waals surface area contributed by atoms with Crippen LogP contribution in [0.4, 0.5) is 11.4 Å². The number of hydrogen-bond acceptors (Lipinski definition) is 3. The van der Waals surface area contributed by atoms with E-state index in [0.29, 0.717) is 6.54 Å². The number of carboxylic acid groups (broad SMARTS) is 1. The van der Waals surface area contributed by atoms with Gasteiger partial charge in [-0.15, -0.1) is 0 Å². The van der Waals surface area contributed by atoms with Crippen LogP contribution in [-0.2, 0) is 15.0 Å². The van der Waals surface area contributed by atoms with Crippen LogP contribution in [0.1, 0.15) is 25.8 Å². The quantitative estimate of drug-likeness (QED) is 0.872. The fourth-order valence-corrected chi connectivity index (χ4v) is 2.34. The molecule has 1 aromatic rings. The molecule has 0 atom stereocenters. The van der Waals surface area contributed by atoms with Crippen molar-refractivity contribution in [3.05, 3.63) is 23.8 Å². The highest BCUT2D eigenvalue weighted by Gasteiger charge is 2.27. The number of anilines is 2. The molecule has 1 aliphatic heterocycles. The van der Waals surface area contributed by atoms with Crippen LogP contribution in [0.25, 0.3) is 0 Å². The molecule has 102 valence electrons. The Kier molecular flexibility index (Phi) is 3.22. The van der Waals surface area contributed by atoms with E-state index >= 15 is 0 Å². The van der Waals surface area contributed by atoms with E-state index in [-0.39, 0.29) is 12.3 Å². The molecule has 0 saturated carbocycles. The lowest BCUT2D eigenvalue weighted by Gasteiger charge is -2.30. The summed E-state index contributed by atoms with van der Waals surface area (Å²) < 4.78 is 0. The van der Waals surface area contributed by atoms with Gasteiger partial charge in [0.25, 0.3) is 0 Å². The van der Waals surface area contributed by atoms with Gasteiger partial charge in [0.2, 0.25) is 5.91 Å². The molecule has 1 amide bonds. The molecular weight excluding hydrogens is 244 g/mol. The molecule has 5 heteroatoms. The molecule has 0 bridgehead atoms. The maximum absolute atomic E-state index is 11.4. The highest BCUT2D eigenvalue weighted by atomic mass is 16.4. The van der Waals surface area contributed by atoms with Crippen LogP contribution < -0.4 is 10.2 Å². The van der Waals surface area contributed by atoms with Crippen LogP contribution in [0.2, 0.25) is 0 Å². The summed E-state index contributed by atoms with van der Waals surface area (Å²) in [6.07, 6.45) is 0.0713. The van der Waals surface area contributed by atoms with Gasteiger partial charge >= 0.3 is 5.97 Å². The highest BCUT2D eigenvalue weighted by Crippen LogP contribution is 2.35. The van der Waals surface area contributed by atoms with Gasteiger partial charge in [0.1, 0.15) is 0 Å². The molecule has 1 aromatic carbocycles. The second kappa shape index (κ2) is 4.57. The molecule has 0 aliphatic carbocycles. The number of carboxylic acids is 1. The topological polar surface area (TPSA) is 69.6 Å². The zero-order valence-electron chi connectivity index (χ0n) is 11.4. The van der Waals surface area contributed by atoms with Crippen LogP contribution >= 0.6 is 0 Å². The maximum Gasteiger partial charge on any atom is 0.304 e. The minimum Gasteiger partial charge on any atom is -0.481 e. The molecule has 0 aromatic heterocycles. The number of carbonyl (C=O) groups excluding carboxylic acids is 1. The molecule has 0 fully saturated rings. The van der Waals surface area contributed by atoms with Crippen molar-refractivity contribution in [2.75, 3.05) is 23.8 Å². The van der Waals surface area contributed by atoms with Crippen LogP contribution in [0.3, 0.4) is 0 Å². The number of nitrogens with zero attached hydrogens (tertiary/aromatic N) is 1. The summed E-state index contributed by atoms with van der Waals surface area (Å²) in [6, 6.07) is 5.67. The standard InChI is InChI=1S/C14H18N2O3/c1-14(2,7-13(18)19)9-4-5-10-11(6-9)16(3)8-12(17)15-10/h4-6H,7-8H2,1-3H3,(H,15,17)(H,18,19). The molecule has 0 radical (unpaired) electrons. The second-order valence-electron chi connectivity index (χ2n) is 5.59. The van der Waals surface area contributed by atoms with Crippen LogP contribution in [-0.4, -0.2) is 30.6 Å². The molecule has 5 nitrogen and oxygen atoms in total. The first kappa shape index (κ1) is 13.4. The number of benzene rings is 1. The summed E-state index contributed by atoms with van der Waals surface area (Å²) >= 11 is 0. The largest absolute Gasteiger partial charge is 0.481 e. The first-order chi connectivity index (χ1) is 8.79. The highest BCUT2D eigenvalue weighted by molar-refractivity contribution is 6.01. The number of rotatable bonds is 3. The number of nitrogens with one attached hydrogen (secondary N) is 1. The summed E-state index contributed by atoms with van der Waals surface area (Å²) in [5, 5.41) is 11.8. The van der Waals surface area contributed by atoms with Gasteiger partial charge in [0.15, 0.2) is 0 Å². The minimum absolute atomic E-state index is 0.0347. The van der Waals surface area contributed by atoms with E-state index in [1.165, 1.54) is 0 Å². The molecule has 2 rings (SSSR count). The molecule has 1 aliphatic rings. The predicted molar refractivity (Wildman–Crippen MR) is 73.6 cm³/mol. The SMILES string of the molecule is CN1CC(=O)Nc2ccc(C(C)(C)CC(=O)O)cc21. The van der Waals surface area contributed by atoms with Crippen molar-refractivity contribution in [1.29, 1.82) is 0 Å². The van der Waals surface area contributed by atoms with Crippen molar-refractivity contribution >= 4 is 23.3 Å².